The molecule has 1 nitrogen and oxygen atoms in total. The first-order chi connectivity index (χ1) is 7.63. The van der Waals surface area contributed by atoms with Crippen LogP contribution in [0.4, 0.5) is 4.39 Å². The molecular formula is C14H20FN. The van der Waals surface area contributed by atoms with E-state index < -0.39 is 0 Å². The molecule has 1 unspecified atom stereocenters. The van der Waals surface area contributed by atoms with Crippen molar-refractivity contribution in [1.29, 1.82) is 0 Å². The first kappa shape index (κ1) is 12.9. The van der Waals surface area contributed by atoms with E-state index in [4.69, 9.17) is 0 Å². The number of benzene rings is 1. The first-order valence-corrected chi connectivity index (χ1v) is 5.76. The van der Waals surface area contributed by atoms with Crippen LogP contribution in [-0.2, 0) is 0 Å². The maximum Gasteiger partial charge on any atom is 0.123 e. The predicted molar refractivity (Wildman–Crippen MR) is 66.9 cm³/mol. The van der Waals surface area contributed by atoms with Gasteiger partial charge in [0, 0.05) is 6.04 Å². The predicted octanol–water partition coefficient (Wildman–Crippen LogP) is 3.83. The summed E-state index contributed by atoms with van der Waals surface area (Å²) in [7, 11) is 0. The lowest BCUT2D eigenvalue weighted by Crippen LogP contribution is -2.22. The molecule has 1 aromatic rings. The first-order valence-electron chi connectivity index (χ1n) is 5.76. The summed E-state index contributed by atoms with van der Waals surface area (Å²) in [6.07, 6.45) is 1.99. The Labute approximate surface area is 97.4 Å². The molecule has 0 radical (unpaired) electrons. The van der Waals surface area contributed by atoms with Gasteiger partial charge in [-0.2, -0.15) is 0 Å². The van der Waals surface area contributed by atoms with Gasteiger partial charge in [0.15, 0.2) is 0 Å². The lowest BCUT2D eigenvalue weighted by molar-refractivity contribution is 0.526. The van der Waals surface area contributed by atoms with E-state index in [1.165, 1.54) is 12.1 Å². The Morgan fingerprint density at radius 1 is 1.38 bits per heavy atom. The summed E-state index contributed by atoms with van der Waals surface area (Å²) in [5.74, 6) is -0.187. The molecule has 1 atom stereocenters. The Bertz CT molecular complexity index is 329. The van der Waals surface area contributed by atoms with Crippen molar-refractivity contribution in [3.8, 4) is 0 Å². The maximum absolute atomic E-state index is 12.8. The molecule has 1 rings (SSSR count). The molecule has 0 saturated heterocycles. The van der Waals surface area contributed by atoms with Crippen molar-refractivity contribution in [2.45, 2.75) is 32.7 Å². The number of hydrogen-bond donors (Lipinski definition) is 1. The molecule has 0 fully saturated rings. The SMILES string of the molecule is C=C(C)CC(NCCC)c1ccc(F)cc1. The van der Waals surface area contributed by atoms with Crippen molar-refractivity contribution >= 4 is 0 Å². The van der Waals surface area contributed by atoms with E-state index in [9.17, 15) is 4.39 Å². The summed E-state index contributed by atoms with van der Waals surface area (Å²) in [5.41, 5.74) is 2.26. The minimum absolute atomic E-state index is 0.187. The summed E-state index contributed by atoms with van der Waals surface area (Å²) in [6.45, 7) is 9.05. The van der Waals surface area contributed by atoms with Crippen molar-refractivity contribution in [2.24, 2.45) is 0 Å². The summed E-state index contributed by atoms with van der Waals surface area (Å²) < 4.78 is 12.8. The third-order valence-electron chi connectivity index (χ3n) is 2.47. The van der Waals surface area contributed by atoms with Crippen LogP contribution < -0.4 is 5.32 Å². The highest BCUT2D eigenvalue weighted by Crippen LogP contribution is 2.20. The van der Waals surface area contributed by atoms with Gasteiger partial charge in [0.25, 0.3) is 0 Å². The van der Waals surface area contributed by atoms with E-state index >= 15 is 0 Å². The fraction of sp³-hybridized carbons (Fsp3) is 0.429. The van der Waals surface area contributed by atoms with Crippen molar-refractivity contribution in [3.63, 3.8) is 0 Å². The zero-order chi connectivity index (χ0) is 12.0. The van der Waals surface area contributed by atoms with Crippen LogP contribution in [0.25, 0.3) is 0 Å². The molecule has 0 saturated carbocycles. The zero-order valence-electron chi connectivity index (χ0n) is 10.1. The van der Waals surface area contributed by atoms with Gasteiger partial charge in [-0.15, -0.1) is 6.58 Å². The van der Waals surface area contributed by atoms with Crippen molar-refractivity contribution in [3.05, 3.63) is 47.8 Å². The fourth-order valence-corrected chi connectivity index (χ4v) is 1.67. The molecule has 0 spiro atoms. The Morgan fingerprint density at radius 3 is 2.50 bits per heavy atom. The van der Waals surface area contributed by atoms with Gasteiger partial charge in [0.1, 0.15) is 5.82 Å². The summed E-state index contributed by atoms with van der Waals surface area (Å²) in [6, 6.07) is 6.94. The Balaban J connectivity index is 2.74. The molecule has 88 valence electrons. The highest BCUT2D eigenvalue weighted by molar-refractivity contribution is 5.21. The van der Waals surface area contributed by atoms with Gasteiger partial charge >= 0.3 is 0 Å². The van der Waals surface area contributed by atoms with Gasteiger partial charge in [-0.25, -0.2) is 4.39 Å². The van der Waals surface area contributed by atoms with Gasteiger partial charge in [-0.1, -0.05) is 24.6 Å². The fourth-order valence-electron chi connectivity index (χ4n) is 1.67. The zero-order valence-corrected chi connectivity index (χ0v) is 10.1. The summed E-state index contributed by atoms with van der Waals surface area (Å²) in [4.78, 5) is 0. The number of hydrogen-bond acceptors (Lipinski definition) is 1. The maximum atomic E-state index is 12.8. The Morgan fingerprint density at radius 2 is 2.00 bits per heavy atom. The molecule has 0 aliphatic rings. The highest BCUT2D eigenvalue weighted by atomic mass is 19.1. The van der Waals surface area contributed by atoms with E-state index in [0.29, 0.717) is 0 Å². The van der Waals surface area contributed by atoms with Gasteiger partial charge in [0.05, 0.1) is 0 Å². The Hall–Kier alpha value is -1.15. The lowest BCUT2D eigenvalue weighted by atomic mass is 10.00. The number of nitrogens with one attached hydrogen (secondary N) is 1. The van der Waals surface area contributed by atoms with Crippen LogP contribution in [0.5, 0.6) is 0 Å². The van der Waals surface area contributed by atoms with E-state index in [2.05, 4.69) is 18.8 Å². The largest absolute Gasteiger partial charge is 0.310 e. The Kier molecular flexibility index (Phi) is 5.20. The van der Waals surface area contributed by atoms with Crippen molar-refractivity contribution in [2.75, 3.05) is 6.54 Å². The monoisotopic (exact) mass is 221 g/mol. The molecule has 1 N–H and O–H groups in total. The molecule has 1 aromatic carbocycles. The highest BCUT2D eigenvalue weighted by Gasteiger charge is 2.10. The molecular weight excluding hydrogens is 201 g/mol. The van der Waals surface area contributed by atoms with Crippen LogP contribution in [0.3, 0.4) is 0 Å². The smallest absolute Gasteiger partial charge is 0.123 e. The average Bonchev–Trinajstić information content (AvgIpc) is 2.25. The molecule has 2 heteroatoms. The van der Waals surface area contributed by atoms with Crippen LogP contribution in [0, 0.1) is 5.82 Å². The van der Waals surface area contributed by atoms with E-state index in [1.54, 1.807) is 0 Å². The van der Waals surface area contributed by atoms with Crippen LogP contribution in [0.15, 0.2) is 36.4 Å². The molecule has 0 aromatic heterocycles. The van der Waals surface area contributed by atoms with Crippen molar-refractivity contribution < 1.29 is 4.39 Å². The number of rotatable bonds is 6. The second-order valence-corrected chi connectivity index (χ2v) is 4.22. The third kappa shape index (κ3) is 4.15. The molecule has 0 amide bonds. The van der Waals surface area contributed by atoms with E-state index in [-0.39, 0.29) is 11.9 Å². The standard InChI is InChI=1S/C14H20FN/c1-4-9-16-14(10-11(2)3)12-5-7-13(15)8-6-12/h5-8,14,16H,2,4,9-10H2,1,3H3. The molecule has 16 heavy (non-hydrogen) atoms. The minimum Gasteiger partial charge on any atom is -0.310 e. The molecule has 0 bridgehead atoms. The molecule has 0 aliphatic carbocycles. The van der Waals surface area contributed by atoms with Gasteiger partial charge in [-0.05, 0) is 44.0 Å². The molecule has 0 aliphatic heterocycles. The summed E-state index contributed by atoms with van der Waals surface area (Å²) in [5, 5.41) is 3.45. The van der Waals surface area contributed by atoms with Gasteiger partial charge in [0.2, 0.25) is 0 Å². The second kappa shape index (κ2) is 6.44. The molecule has 0 heterocycles. The third-order valence-corrected chi connectivity index (χ3v) is 2.47. The van der Waals surface area contributed by atoms with Crippen molar-refractivity contribution in [1.82, 2.24) is 5.32 Å². The normalized spacial score (nSPS) is 12.4. The summed E-state index contributed by atoms with van der Waals surface area (Å²) >= 11 is 0. The second-order valence-electron chi connectivity index (χ2n) is 4.22. The quantitative estimate of drug-likeness (QED) is 0.720. The topological polar surface area (TPSA) is 12.0 Å². The lowest BCUT2D eigenvalue weighted by Gasteiger charge is -2.19. The average molecular weight is 221 g/mol. The van der Waals surface area contributed by atoms with E-state index in [1.807, 2.05) is 19.1 Å². The van der Waals surface area contributed by atoms with E-state index in [0.717, 1.165) is 30.5 Å². The van der Waals surface area contributed by atoms with Gasteiger partial charge in [-0.3, -0.25) is 0 Å². The number of halogens is 1. The minimum atomic E-state index is -0.187. The van der Waals surface area contributed by atoms with Crippen LogP contribution in [0.2, 0.25) is 0 Å². The van der Waals surface area contributed by atoms with Crippen LogP contribution in [-0.4, -0.2) is 6.54 Å². The van der Waals surface area contributed by atoms with Gasteiger partial charge < -0.3 is 5.32 Å². The van der Waals surface area contributed by atoms with Crippen LogP contribution >= 0.6 is 0 Å². The van der Waals surface area contributed by atoms with Crippen LogP contribution in [0.1, 0.15) is 38.3 Å².